The Hall–Kier alpha value is -5.03. The van der Waals surface area contributed by atoms with Crippen LogP contribution >= 0.6 is 0 Å². The van der Waals surface area contributed by atoms with Crippen LogP contribution in [0.3, 0.4) is 0 Å². The summed E-state index contributed by atoms with van der Waals surface area (Å²) >= 11 is 0. The van der Waals surface area contributed by atoms with E-state index in [1.54, 1.807) is 10.8 Å². The molecule has 0 amide bonds. The van der Waals surface area contributed by atoms with Crippen molar-refractivity contribution < 1.29 is 0 Å². The van der Waals surface area contributed by atoms with Crippen LogP contribution in [0.1, 0.15) is 11.4 Å². The Kier molecular flexibility index (Phi) is 5.65. The van der Waals surface area contributed by atoms with Gasteiger partial charge >= 0.3 is 0 Å². The van der Waals surface area contributed by atoms with E-state index in [2.05, 4.69) is 25.1 Å². The summed E-state index contributed by atoms with van der Waals surface area (Å²) in [4.78, 5) is 29.8. The minimum Gasteiger partial charge on any atom is -0.373 e. The number of hydrogen-bond acceptors (Lipinski definition) is 6. The van der Waals surface area contributed by atoms with Gasteiger partial charge in [-0.2, -0.15) is 0 Å². The summed E-state index contributed by atoms with van der Waals surface area (Å²) in [6.07, 6.45) is 3.13. The molecule has 0 radical (unpaired) electrons. The molecular weight excluding hydrogens is 438 g/mol. The molecule has 0 unspecified atom stereocenters. The van der Waals surface area contributed by atoms with Crippen molar-refractivity contribution in [2.45, 2.75) is 13.5 Å². The van der Waals surface area contributed by atoms with Crippen molar-refractivity contribution >= 4 is 28.2 Å². The van der Waals surface area contributed by atoms with Gasteiger partial charge in [0, 0.05) is 29.5 Å². The standard InChI is InChI=1S/C27H21N7O/c1-17-13-18(11-12-30-17)22-10-6-7-19-14-21(15-31-25-23(29-2)16-32-27(28)33-25)34(26(35)24(19)22)20-8-4-3-5-9-20/h3-14,16H,15H2,1H3,(H3,28,31,32,33). The van der Waals surface area contributed by atoms with Gasteiger partial charge in [-0.3, -0.25) is 14.3 Å². The van der Waals surface area contributed by atoms with E-state index in [1.165, 1.54) is 6.20 Å². The van der Waals surface area contributed by atoms with Crippen LogP contribution < -0.4 is 16.6 Å². The summed E-state index contributed by atoms with van der Waals surface area (Å²) in [5.41, 5.74) is 9.96. The average molecular weight is 460 g/mol. The third kappa shape index (κ3) is 4.18. The van der Waals surface area contributed by atoms with E-state index < -0.39 is 0 Å². The maximum Gasteiger partial charge on any atom is 0.263 e. The molecule has 0 atom stereocenters. The SMILES string of the molecule is [C-]#[N+]c1cnc(N)nc1NCc1cc2cccc(-c3ccnc(C)c3)c2c(=O)n1-c1ccccc1. The van der Waals surface area contributed by atoms with Crippen LogP contribution in [0.15, 0.2) is 83.9 Å². The summed E-state index contributed by atoms with van der Waals surface area (Å²) in [5.74, 6) is 0.386. The highest BCUT2D eigenvalue weighted by atomic mass is 16.1. The molecule has 5 rings (SSSR count). The molecular formula is C27H21N7O. The summed E-state index contributed by atoms with van der Waals surface area (Å²) in [7, 11) is 0. The van der Waals surface area contributed by atoms with Crippen LogP contribution in [0.2, 0.25) is 0 Å². The van der Waals surface area contributed by atoms with Crippen LogP contribution in [0.5, 0.6) is 0 Å². The summed E-state index contributed by atoms with van der Waals surface area (Å²) in [6, 6.07) is 21.2. The molecule has 3 aromatic heterocycles. The van der Waals surface area contributed by atoms with Crippen LogP contribution in [-0.4, -0.2) is 19.5 Å². The number of fused-ring (bicyclic) bond motifs is 1. The fraction of sp³-hybridized carbons (Fsp3) is 0.0741. The van der Waals surface area contributed by atoms with Crippen molar-refractivity contribution in [1.29, 1.82) is 0 Å². The zero-order chi connectivity index (χ0) is 24.4. The minimum absolute atomic E-state index is 0.0659. The van der Waals surface area contributed by atoms with E-state index in [9.17, 15) is 4.79 Å². The number of hydrogen-bond donors (Lipinski definition) is 2. The number of aryl methyl sites for hydroxylation is 1. The Labute approximate surface area is 201 Å². The van der Waals surface area contributed by atoms with E-state index in [-0.39, 0.29) is 23.7 Å². The molecule has 8 heteroatoms. The van der Waals surface area contributed by atoms with Crippen molar-refractivity contribution in [3.63, 3.8) is 0 Å². The second kappa shape index (κ2) is 9.08. The predicted molar refractivity (Wildman–Crippen MR) is 138 cm³/mol. The van der Waals surface area contributed by atoms with Gasteiger partial charge in [0.2, 0.25) is 11.6 Å². The van der Waals surface area contributed by atoms with Gasteiger partial charge in [-0.1, -0.05) is 36.4 Å². The highest BCUT2D eigenvalue weighted by Crippen LogP contribution is 2.29. The van der Waals surface area contributed by atoms with Gasteiger partial charge in [0.25, 0.3) is 5.56 Å². The van der Waals surface area contributed by atoms with E-state index in [0.29, 0.717) is 16.9 Å². The first-order valence-electron chi connectivity index (χ1n) is 10.9. The molecule has 35 heavy (non-hydrogen) atoms. The maximum atomic E-state index is 14.0. The highest BCUT2D eigenvalue weighted by Gasteiger charge is 2.16. The van der Waals surface area contributed by atoms with E-state index in [4.69, 9.17) is 12.3 Å². The van der Waals surface area contributed by atoms with Gasteiger partial charge in [-0.05, 0) is 53.8 Å². The van der Waals surface area contributed by atoms with Crippen LogP contribution in [-0.2, 0) is 6.54 Å². The first-order valence-corrected chi connectivity index (χ1v) is 10.9. The first kappa shape index (κ1) is 21.8. The number of aromatic nitrogens is 4. The molecule has 8 nitrogen and oxygen atoms in total. The highest BCUT2D eigenvalue weighted by molar-refractivity contribution is 5.96. The smallest absolute Gasteiger partial charge is 0.263 e. The van der Waals surface area contributed by atoms with Gasteiger partial charge in [0.1, 0.15) is 5.82 Å². The molecule has 0 spiro atoms. The fourth-order valence-corrected chi connectivity index (χ4v) is 4.13. The van der Waals surface area contributed by atoms with Gasteiger partial charge in [-0.15, -0.1) is 0 Å². The number of rotatable bonds is 5. The Bertz CT molecular complexity index is 1650. The number of nitrogens with zero attached hydrogens (tertiary/aromatic N) is 5. The molecule has 0 aliphatic heterocycles. The summed E-state index contributed by atoms with van der Waals surface area (Å²) in [6.45, 7) is 9.56. The largest absolute Gasteiger partial charge is 0.373 e. The molecule has 3 heterocycles. The molecule has 0 fully saturated rings. The normalized spacial score (nSPS) is 10.7. The van der Waals surface area contributed by atoms with E-state index in [0.717, 1.165) is 27.9 Å². The quantitative estimate of drug-likeness (QED) is 0.363. The van der Waals surface area contributed by atoms with Gasteiger partial charge in [-0.25, -0.2) is 14.8 Å². The lowest BCUT2D eigenvalue weighted by molar-refractivity contribution is 0.891. The number of anilines is 2. The van der Waals surface area contributed by atoms with Gasteiger partial charge < -0.3 is 11.1 Å². The topological polar surface area (TPSA) is 103 Å². The van der Waals surface area contributed by atoms with Crippen LogP contribution in [0.25, 0.3) is 32.4 Å². The van der Waals surface area contributed by atoms with Crippen LogP contribution in [0, 0.1) is 13.5 Å². The Balaban J connectivity index is 1.71. The number of pyridine rings is 2. The number of nitrogens with two attached hydrogens (primary N) is 1. The van der Waals surface area contributed by atoms with Crippen molar-refractivity contribution in [1.82, 2.24) is 19.5 Å². The molecule has 0 saturated carbocycles. The summed E-state index contributed by atoms with van der Waals surface area (Å²) < 4.78 is 1.69. The predicted octanol–water partition coefficient (Wildman–Crippen LogP) is 4.90. The third-order valence-electron chi connectivity index (χ3n) is 5.69. The molecule has 5 aromatic rings. The average Bonchev–Trinajstić information content (AvgIpc) is 2.87. The lowest BCUT2D eigenvalue weighted by atomic mass is 9.99. The second-order valence-electron chi connectivity index (χ2n) is 7.99. The zero-order valence-electron chi connectivity index (χ0n) is 18.9. The van der Waals surface area contributed by atoms with Crippen molar-refractivity contribution in [3.8, 4) is 16.8 Å². The molecule has 0 saturated heterocycles. The summed E-state index contributed by atoms with van der Waals surface area (Å²) in [5, 5.41) is 4.61. The number of nitrogens with one attached hydrogen (secondary N) is 1. The van der Waals surface area contributed by atoms with Crippen molar-refractivity contribution in [2.75, 3.05) is 11.1 Å². The van der Waals surface area contributed by atoms with Gasteiger partial charge in [0.05, 0.1) is 18.5 Å². The first-order chi connectivity index (χ1) is 17.0. The van der Waals surface area contributed by atoms with Crippen molar-refractivity contribution in [2.24, 2.45) is 0 Å². The van der Waals surface area contributed by atoms with Gasteiger partial charge in [0.15, 0.2) is 0 Å². The monoisotopic (exact) mass is 459 g/mol. The molecule has 2 aromatic carbocycles. The maximum absolute atomic E-state index is 14.0. The molecule has 0 aliphatic carbocycles. The third-order valence-corrected chi connectivity index (χ3v) is 5.69. The Morgan fingerprint density at radius 3 is 2.66 bits per heavy atom. The lowest BCUT2D eigenvalue weighted by Crippen LogP contribution is -2.24. The van der Waals surface area contributed by atoms with Crippen LogP contribution in [0.4, 0.5) is 17.5 Å². The number of benzene rings is 2. The Morgan fingerprint density at radius 2 is 1.89 bits per heavy atom. The van der Waals surface area contributed by atoms with E-state index in [1.807, 2.05) is 73.7 Å². The van der Waals surface area contributed by atoms with E-state index >= 15 is 0 Å². The minimum atomic E-state index is -0.136. The molecule has 170 valence electrons. The number of nitrogen functional groups attached to an aromatic ring is 1. The van der Waals surface area contributed by atoms with Crippen molar-refractivity contribution in [3.05, 3.63) is 112 Å². The zero-order valence-corrected chi connectivity index (χ0v) is 18.9. The second-order valence-corrected chi connectivity index (χ2v) is 7.99. The lowest BCUT2D eigenvalue weighted by Gasteiger charge is -2.17. The fourth-order valence-electron chi connectivity index (χ4n) is 4.13. The number of para-hydroxylation sites is 1. The molecule has 3 N–H and O–H groups in total. The Morgan fingerprint density at radius 1 is 1.06 bits per heavy atom. The molecule has 0 bridgehead atoms. The molecule has 0 aliphatic rings.